The number of carbonyl (C=O) groups is 3. The van der Waals surface area contributed by atoms with Crippen LogP contribution >= 0.6 is 0 Å². The average molecular weight is 419 g/mol. The molecule has 0 aromatic carbocycles. The molecule has 1 saturated carbocycles. The zero-order chi connectivity index (χ0) is 22.3. The normalized spacial score (nSPS) is 27.9. The highest BCUT2D eigenvalue weighted by Crippen LogP contribution is 2.45. The molecule has 0 unspecified atom stereocenters. The van der Waals surface area contributed by atoms with Crippen molar-refractivity contribution in [3.05, 3.63) is 59.3 Å². The Morgan fingerprint density at radius 1 is 1.37 bits per heavy atom. The molecular formula is C20H25N3O7. The van der Waals surface area contributed by atoms with Gasteiger partial charge in [-0.25, -0.2) is 9.59 Å². The topological polar surface area (TPSA) is 137 Å². The fourth-order valence-electron chi connectivity index (χ4n) is 3.19. The largest absolute Gasteiger partial charge is 0.464 e. The number of nitrogens with one attached hydrogen (secondary N) is 2. The van der Waals surface area contributed by atoms with Crippen LogP contribution in [0.15, 0.2) is 49.2 Å². The number of carbonyl (C=O) groups excluding carboxylic acids is 3. The molecule has 2 N–H and O–H groups in total. The Morgan fingerprint density at radius 2 is 2.10 bits per heavy atom. The first-order valence-electron chi connectivity index (χ1n) is 9.48. The zero-order valence-electron chi connectivity index (χ0n) is 16.7. The quantitative estimate of drug-likeness (QED) is 0.132. The van der Waals surface area contributed by atoms with E-state index < -0.39 is 34.5 Å². The van der Waals surface area contributed by atoms with E-state index in [0.29, 0.717) is 6.42 Å². The summed E-state index contributed by atoms with van der Waals surface area (Å²) in [4.78, 5) is 46.7. The molecule has 1 heterocycles. The summed E-state index contributed by atoms with van der Waals surface area (Å²) in [7, 11) is 0. The number of nitrogens with zero attached hydrogens (tertiary/aromatic N) is 1. The van der Waals surface area contributed by atoms with Crippen LogP contribution in [0, 0.1) is 16.0 Å². The van der Waals surface area contributed by atoms with E-state index in [-0.39, 0.29) is 37.1 Å². The van der Waals surface area contributed by atoms with Crippen LogP contribution in [0.2, 0.25) is 0 Å². The number of hydrogen-bond donors (Lipinski definition) is 2. The molecule has 0 spiro atoms. The van der Waals surface area contributed by atoms with Crippen molar-refractivity contribution in [1.29, 1.82) is 0 Å². The second-order valence-corrected chi connectivity index (χ2v) is 6.89. The van der Waals surface area contributed by atoms with Gasteiger partial charge in [0.2, 0.25) is 5.91 Å². The average Bonchev–Trinajstić information content (AvgIpc) is 3.22. The molecular weight excluding hydrogens is 394 g/mol. The number of allylic oxidation sites excluding steroid dienone is 3. The van der Waals surface area contributed by atoms with Gasteiger partial charge in [-0.05, 0) is 19.4 Å². The van der Waals surface area contributed by atoms with Gasteiger partial charge >= 0.3 is 11.9 Å². The molecule has 10 heteroatoms. The van der Waals surface area contributed by atoms with Gasteiger partial charge in [0.05, 0.1) is 17.6 Å². The molecule has 0 aromatic rings. The zero-order valence-corrected chi connectivity index (χ0v) is 16.7. The third kappa shape index (κ3) is 5.41. The minimum Gasteiger partial charge on any atom is -0.464 e. The highest BCUT2D eigenvalue weighted by atomic mass is 16.6. The van der Waals surface area contributed by atoms with E-state index in [0.717, 1.165) is 18.2 Å². The summed E-state index contributed by atoms with van der Waals surface area (Å²) in [6, 6.07) is -0.633. The van der Waals surface area contributed by atoms with E-state index in [9.17, 15) is 24.5 Å². The van der Waals surface area contributed by atoms with Gasteiger partial charge in [-0.3, -0.25) is 14.9 Å². The smallest absolute Gasteiger partial charge is 0.332 e. The van der Waals surface area contributed by atoms with Crippen molar-refractivity contribution in [2.45, 2.75) is 37.5 Å². The summed E-state index contributed by atoms with van der Waals surface area (Å²) in [5.74, 6) is -1.75. The van der Waals surface area contributed by atoms with Gasteiger partial charge in [0.15, 0.2) is 0 Å². The second-order valence-electron chi connectivity index (χ2n) is 6.89. The Labute approximate surface area is 173 Å². The number of rotatable bonds is 10. The summed E-state index contributed by atoms with van der Waals surface area (Å²) in [6.45, 7) is 9.14. The van der Waals surface area contributed by atoms with E-state index >= 15 is 0 Å². The summed E-state index contributed by atoms with van der Waals surface area (Å²) >= 11 is 0. The van der Waals surface area contributed by atoms with Gasteiger partial charge in [-0.2, -0.15) is 0 Å². The van der Waals surface area contributed by atoms with Crippen molar-refractivity contribution in [2.24, 2.45) is 5.92 Å². The Kier molecular flexibility index (Phi) is 7.65. The first-order chi connectivity index (χ1) is 14.3. The van der Waals surface area contributed by atoms with Crippen LogP contribution in [0.1, 0.15) is 19.8 Å². The predicted octanol–water partition coefficient (Wildman–Crippen LogP) is 0.787. The second kappa shape index (κ2) is 9.97. The maximum Gasteiger partial charge on any atom is 0.332 e. The molecule has 0 radical (unpaired) electrons. The summed E-state index contributed by atoms with van der Waals surface area (Å²) in [5, 5.41) is 16.4. The Hall–Kier alpha value is -3.27. The van der Waals surface area contributed by atoms with Crippen molar-refractivity contribution < 1.29 is 28.8 Å². The molecule has 1 saturated heterocycles. The van der Waals surface area contributed by atoms with Crippen LogP contribution in [0.4, 0.5) is 0 Å². The molecule has 2 fully saturated rings. The van der Waals surface area contributed by atoms with Gasteiger partial charge in [-0.15, -0.1) is 6.58 Å². The van der Waals surface area contributed by atoms with Crippen LogP contribution in [0.5, 0.6) is 0 Å². The van der Waals surface area contributed by atoms with Gasteiger partial charge in [0, 0.05) is 37.1 Å². The van der Waals surface area contributed by atoms with Crippen LogP contribution < -0.4 is 10.6 Å². The Balaban J connectivity index is 1.87. The summed E-state index contributed by atoms with van der Waals surface area (Å²) < 4.78 is 10.3. The van der Waals surface area contributed by atoms with Crippen LogP contribution in [0.25, 0.3) is 0 Å². The monoisotopic (exact) mass is 419 g/mol. The Bertz CT molecular complexity index is 804. The lowest BCUT2D eigenvalue weighted by atomic mass is 10.1. The molecule has 2 aliphatic rings. The van der Waals surface area contributed by atoms with E-state index in [1.54, 1.807) is 13.0 Å². The molecule has 10 nitrogen and oxygen atoms in total. The maximum atomic E-state index is 12.6. The number of nitro groups is 1. The van der Waals surface area contributed by atoms with Crippen molar-refractivity contribution in [3.8, 4) is 0 Å². The first kappa shape index (κ1) is 23.0. The van der Waals surface area contributed by atoms with E-state index in [1.165, 1.54) is 6.08 Å². The standard InChI is InChI=1S/C20H25N3O7/c1-4-13-11-20(13,19(26)29-6-3)22-18(25)16-10-15(12-21-16)30-17(24)9-7-8-14(5-2)23(27)28/h4-5,7-9,13,15-16,21H,1-2,6,10-12H2,3H3,(H,22,25)/b9-7+,14-8+/t13-,15+,16+,20-/m1/s1. The van der Waals surface area contributed by atoms with Crippen LogP contribution in [-0.2, 0) is 23.9 Å². The lowest BCUT2D eigenvalue weighted by Crippen LogP contribution is -2.51. The summed E-state index contributed by atoms with van der Waals surface area (Å²) in [6.07, 6.45) is 6.14. The van der Waals surface area contributed by atoms with E-state index in [1.807, 2.05) is 0 Å². The Morgan fingerprint density at radius 3 is 2.67 bits per heavy atom. The van der Waals surface area contributed by atoms with Crippen molar-refractivity contribution in [3.63, 3.8) is 0 Å². The predicted molar refractivity (Wildman–Crippen MR) is 107 cm³/mol. The highest BCUT2D eigenvalue weighted by Gasteiger charge is 2.61. The van der Waals surface area contributed by atoms with Gasteiger partial charge < -0.3 is 20.1 Å². The molecule has 4 atom stereocenters. The molecule has 2 rings (SSSR count). The molecule has 1 aliphatic heterocycles. The number of hydrogen-bond acceptors (Lipinski definition) is 8. The van der Waals surface area contributed by atoms with Crippen molar-refractivity contribution in [2.75, 3.05) is 13.2 Å². The van der Waals surface area contributed by atoms with Crippen molar-refractivity contribution in [1.82, 2.24) is 10.6 Å². The van der Waals surface area contributed by atoms with Crippen molar-refractivity contribution >= 4 is 17.8 Å². The van der Waals surface area contributed by atoms with Crippen LogP contribution in [0.3, 0.4) is 0 Å². The molecule has 30 heavy (non-hydrogen) atoms. The van der Waals surface area contributed by atoms with Crippen LogP contribution in [-0.4, -0.2) is 53.6 Å². The van der Waals surface area contributed by atoms with Gasteiger partial charge in [-0.1, -0.05) is 12.7 Å². The number of esters is 2. The highest BCUT2D eigenvalue weighted by molar-refractivity contribution is 5.93. The minimum absolute atomic E-state index is 0.187. The number of amides is 1. The fraction of sp³-hybridized carbons (Fsp3) is 0.450. The third-order valence-corrected chi connectivity index (χ3v) is 4.89. The molecule has 0 bridgehead atoms. The summed E-state index contributed by atoms with van der Waals surface area (Å²) in [5.41, 5.74) is -1.34. The van der Waals surface area contributed by atoms with E-state index in [4.69, 9.17) is 9.47 Å². The SMILES string of the molecule is C=C/C(=C\C=C\C(=O)O[C@@H]1CN[C@H](C(=O)N[C@]2(C(=O)OCC)C[C@H]2C=C)C1)[N+](=O)[O-]. The first-order valence-corrected chi connectivity index (χ1v) is 9.48. The fourth-order valence-corrected chi connectivity index (χ4v) is 3.19. The molecule has 1 aliphatic carbocycles. The molecule has 162 valence electrons. The minimum atomic E-state index is -1.08. The molecule has 0 aromatic heterocycles. The maximum absolute atomic E-state index is 12.6. The van der Waals surface area contributed by atoms with Gasteiger partial charge in [0.25, 0.3) is 5.70 Å². The van der Waals surface area contributed by atoms with E-state index in [2.05, 4.69) is 23.8 Å². The molecule has 1 amide bonds. The number of ether oxygens (including phenoxy) is 2. The van der Waals surface area contributed by atoms with Gasteiger partial charge in [0.1, 0.15) is 11.6 Å². The third-order valence-electron chi connectivity index (χ3n) is 4.89. The lowest BCUT2D eigenvalue weighted by Gasteiger charge is -2.19. The lowest BCUT2D eigenvalue weighted by molar-refractivity contribution is -0.418.